The number of aromatic amines is 1. The number of nitrogens with one attached hydrogen (secondary N) is 1. The Morgan fingerprint density at radius 2 is 1.51 bits per heavy atom. The highest BCUT2D eigenvalue weighted by Crippen LogP contribution is 2.45. The molecule has 1 amide bonds. The summed E-state index contributed by atoms with van der Waals surface area (Å²) in [5, 5.41) is 6.85. The summed E-state index contributed by atoms with van der Waals surface area (Å²) in [5.41, 5.74) is 0.735. The van der Waals surface area contributed by atoms with Crippen LogP contribution >= 0.6 is 0 Å². The summed E-state index contributed by atoms with van der Waals surface area (Å²) in [5.74, 6) is -1.33. The van der Waals surface area contributed by atoms with Gasteiger partial charge in [-0.1, -0.05) is 36.4 Å². The molecule has 1 N–H and O–H groups in total. The van der Waals surface area contributed by atoms with Crippen molar-refractivity contribution in [3.8, 4) is 11.3 Å². The number of H-pyrrole nitrogens is 1. The van der Waals surface area contributed by atoms with Crippen molar-refractivity contribution >= 4 is 11.5 Å². The second kappa shape index (κ2) is 11.5. The zero-order chi connectivity index (χ0) is 32.1. The van der Waals surface area contributed by atoms with Gasteiger partial charge in [0.05, 0.1) is 29.0 Å². The van der Waals surface area contributed by atoms with Crippen LogP contribution in [-0.4, -0.2) is 39.7 Å². The summed E-state index contributed by atoms with van der Waals surface area (Å²) in [6, 6.07) is 15.9. The van der Waals surface area contributed by atoms with E-state index in [1.165, 1.54) is 25.1 Å². The van der Waals surface area contributed by atoms with Crippen molar-refractivity contribution in [2.45, 2.75) is 49.9 Å². The Morgan fingerprint density at radius 3 is 2.09 bits per heavy atom. The molecule has 1 unspecified atom stereocenters. The Bertz CT molecular complexity index is 1680. The fourth-order valence-corrected chi connectivity index (χ4v) is 6.18. The number of hydrogen-bond acceptors (Lipinski definition) is 3. The van der Waals surface area contributed by atoms with E-state index in [4.69, 9.17) is 4.74 Å². The first kappa shape index (κ1) is 30.6. The molecule has 0 radical (unpaired) electrons. The maximum atomic E-state index is 13.9. The fraction of sp³-hybridized carbons (Fsp3) is 0.273. The Morgan fingerprint density at radius 1 is 0.889 bits per heavy atom. The predicted octanol–water partition coefficient (Wildman–Crippen LogP) is 8.18. The van der Waals surface area contributed by atoms with E-state index in [9.17, 15) is 35.5 Å². The van der Waals surface area contributed by atoms with Crippen LogP contribution in [0.3, 0.4) is 0 Å². The minimum atomic E-state index is -5.01. The number of carbonyl (C=O) groups is 1. The molecule has 1 aromatic heterocycles. The van der Waals surface area contributed by atoms with Gasteiger partial charge in [0, 0.05) is 30.8 Å². The van der Waals surface area contributed by atoms with Gasteiger partial charge in [-0.15, -0.1) is 0 Å². The number of halogens is 7. The van der Waals surface area contributed by atoms with Gasteiger partial charge in [-0.2, -0.15) is 31.4 Å². The number of ether oxygens (including phenoxy) is 1. The van der Waals surface area contributed by atoms with Crippen LogP contribution in [0.4, 0.5) is 30.7 Å². The number of nitrogens with zero attached hydrogens (tertiary/aromatic N) is 2. The second-order valence-corrected chi connectivity index (χ2v) is 11.2. The molecule has 4 atom stereocenters. The molecule has 12 heteroatoms. The van der Waals surface area contributed by atoms with Gasteiger partial charge < -0.3 is 9.64 Å². The Kier molecular flexibility index (Phi) is 7.80. The van der Waals surface area contributed by atoms with Crippen LogP contribution in [0.25, 0.3) is 16.8 Å². The van der Waals surface area contributed by atoms with E-state index in [0.29, 0.717) is 24.1 Å². The first-order valence-electron chi connectivity index (χ1n) is 14.1. The maximum Gasteiger partial charge on any atom is 0.416 e. The van der Waals surface area contributed by atoms with E-state index in [1.54, 1.807) is 23.2 Å². The van der Waals surface area contributed by atoms with Crippen molar-refractivity contribution in [3.63, 3.8) is 0 Å². The van der Waals surface area contributed by atoms with E-state index in [1.807, 2.05) is 30.3 Å². The van der Waals surface area contributed by atoms with Crippen molar-refractivity contribution in [2.75, 3.05) is 6.54 Å². The third-order valence-corrected chi connectivity index (χ3v) is 8.38. The Balaban J connectivity index is 1.31. The van der Waals surface area contributed by atoms with Gasteiger partial charge in [-0.25, -0.2) is 4.39 Å². The quantitative estimate of drug-likeness (QED) is 0.219. The third kappa shape index (κ3) is 6.24. The minimum Gasteiger partial charge on any atom is -0.368 e. The maximum absolute atomic E-state index is 13.9. The molecular weight excluding hydrogens is 603 g/mol. The third-order valence-electron chi connectivity index (χ3n) is 8.38. The molecule has 0 saturated carbocycles. The number of fused-ring (bicyclic) bond motifs is 1. The summed E-state index contributed by atoms with van der Waals surface area (Å²) in [7, 11) is 0. The van der Waals surface area contributed by atoms with Gasteiger partial charge in [0.25, 0.3) is 0 Å². The van der Waals surface area contributed by atoms with Crippen molar-refractivity contribution in [1.29, 1.82) is 0 Å². The van der Waals surface area contributed by atoms with E-state index < -0.39 is 53.5 Å². The van der Waals surface area contributed by atoms with Crippen LogP contribution < -0.4 is 0 Å². The number of carbonyl (C=O) groups excluding carboxylic acids is 1. The van der Waals surface area contributed by atoms with E-state index >= 15 is 0 Å². The molecule has 5 nitrogen and oxygen atoms in total. The molecule has 234 valence electrons. The number of hydrogen-bond donors (Lipinski definition) is 1. The van der Waals surface area contributed by atoms with Crippen molar-refractivity contribution in [2.24, 2.45) is 0 Å². The lowest BCUT2D eigenvalue weighted by Crippen LogP contribution is -2.39. The first-order chi connectivity index (χ1) is 21.3. The van der Waals surface area contributed by atoms with Gasteiger partial charge in [0.1, 0.15) is 5.82 Å². The number of benzene rings is 3. The van der Waals surface area contributed by atoms with Crippen molar-refractivity contribution in [1.82, 2.24) is 15.1 Å². The van der Waals surface area contributed by atoms with Crippen LogP contribution in [0, 0.1) is 5.82 Å². The first-order valence-corrected chi connectivity index (χ1v) is 14.1. The van der Waals surface area contributed by atoms with Gasteiger partial charge in [-0.3, -0.25) is 9.89 Å². The fourth-order valence-electron chi connectivity index (χ4n) is 6.18. The van der Waals surface area contributed by atoms with Crippen LogP contribution in [0.5, 0.6) is 0 Å². The predicted molar refractivity (Wildman–Crippen MR) is 151 cm³/mol. The molecule has 0 spiro atoms. The summed E-state index contributed by atoms with van der Waals surface area (Å²) in [4.78, 5) is 15.0. The molecule has 4 aromatic rings. The van der Waals surface area contributed by atoms with E-state index in [2.05, 4.69) is 10.2 Å². The highest BCUT2D eigenvalue weighted by molar-refractivity contribution is 5.98. The molecule has 0 aliphatic carbocycles. The number of alkyl halides is 6. The van der Waals surface area contributed by atoms with Crippen LogP contribution in [0.15, 0.2) is 85.1 Å². The summed E-state index contributed by atoms with van der Waals surface area (Å²) in [6.07, 6.45) is -8.46. The van der Waals surface area contributed by atoms with Crippen LogP contribution in [0.1, 0.15) is 53.2 Å². The summed E-state index contributed by atoms with van der Waals surface area (Å²) < 4.78 is 101. The topological polar surface area (TPSA) is 58.2 Å². The number of rotatable bonds is 6. The molecular formula is C33H26F7N3O2. The lowest BCUT2D eigenvalue weighted by molar-refractivity contribution is -0.143. The standard InChI is InChI=1S/C33H26F7N3O2/c1-18(22-12-24(32(35,36)37)16-25(13-22)33(38,39)40)45-29-17-43-28(31(29)21-6-8-26(34)9-7-21)14-23(15-30(43)44)19-2-4-20(5-3-19)27-10-11-41-42-27/h2-13,15-16,18,28-29,31H,14,17H2,1H3,(H,41,42)/t18-,28+,29+,31?/m1/s1. The highest BCUT2D eigenvalue weighted by atomic mass is 19.4. The van der Waals surface area contributed by atoms with Gasteiger partial charge in [0.2, 0.25) is 5.91 Å². The molecule has 2 aliphatic rings. The minimum absolute atomic E-state index is 0.0452. The molecule has 6 rings (SSSR count). The van der Waals surface area contributed by atoms with Crippen molar-refractivity contribution in [3.05, 3.63) is 119 Å². The summed E-state index contributed by atoms with van der Waals surface area (Å²) in [6.45, 7) is 1.42. The smallest absolute Gasteiger partial charge is 0.368 e. The molecule has 3 aromatic carbocycles. The summed E-state index contributed by atoms with van der Waals surface area (Å²) >= 11 is 0. The van der Waals surface area contributed by atoms with E-state index in [0.717, 1.165) is 22.4 Å². The average Bonchev–Trinajstić information content (AvgIpc) is 3.66. The van der Waals surface area contributed by atoms with Gasteiger partial charge in [0.15, 0.2) is 0 Å². The van der Waals surface area contributed by atoms with Gasteiger partial charge >= 0.3 is 12.4 Å². The van der Waals surface area contributed by atoms with Gasteiger partial charge in [-0.05, 0) is 77.6 Å². The normalized spacial score (nSPS) is 21.1. The lowest BCUT2D eigenvalue weighted by Gasteiger charge is -2.33. The molecule has 0 bridgehead atoms. The average molecular weight is 630 g/mol. The number of amides is 1. The molecule has 45 heavy (non-hydrogen) atoms. The molecule has 1 saturated heterocycles. The lowest BCUT2D eigenvalue weighted by atomic mass is 9.83. The molecule has 3 heterocycles. The molecule has 2 aliphatic heterocycles. The van der Waals surface area contributed by atoms with Crippen LogP contribution in [0.2, 0.25) is 0 Å². The van der Waals surface area contributed by atoms with Crippen LogP contribution in [-0.2, 0) is 21.9 Å². The zero-order valence-electron chi connectivity index (χ0n) is 23.7. The zero-order valence-corrected chi connectivity index (χ0v) is 23.7. The largest absolute Gasteiger partial charge is 0.416 e. The Hall–Kier alpha value is -4.45. The monoisotopic (exact) mass is 629 g/mol. The second-order valence-electron chi connectivity index (χ2n) is 11.2. The highest BCUT2D eigenvalue weighted by Gasteiger charge is 2.48. The molecule has 1 fully saturated rings. The Labute approximate surface area is 253 Å². The van der Waals surface area contributed by atoms with Crippen molar-refractivity contribution < 1.29 is 40.3 Å². The number of aromatic nitrogens is 2. The SMILES string of the molecule is C[C@@H](O[C@H]1CN2C(=O)C=C(c3ccc(-c4ccn[nH]4)cc3)C[C@H]2C1c1ccc(F)cc1)c1cc(C(F)(F)F)cc(C(F)(F)F)c1. The van der Waals surface area contributed by atoms with E-state index in [-0.39, 0.29) is 24.1 Å².